The summed E-state index contributed by atoms with van der Waals surface area (Å²) in [4.78, 5) is 12.0. The molecule has 0 bridgehead atoms. The van der Waals surface area contributed by atoms with Gasteiger partial charge in [0.1, 0.15) is 5.60 Å². The average molecular weight is 298 g/mol. The number of hydrogen-bond acceptors (Lipinski definition) is 3. The Kier molecular flexibility index (Phi) is 4.67. The van der Waals surface area contributed by atoms with E-state index in [9.17, 15) is 9.90 Å². The summed E-state index contributed by atoms with van der Waals surface area (Å²) < 4.78 is 5.35. The molecule has 0 aliphatic carbocycles. The van der Waals surface area contributed by atoms with E-state index >= 15 is 0 Å². The van der Waals surface area contributed by atoms with Crippen molar-refractivity contribution in [3.8, 4) is 11.1 Å². The molecule has 22 heavy (non-hydrogen) atoms. The number of ether oxygens (including phenoxy) is 1. The summed E-state index contributed by atoms with van der Waals surface area (Å²) >= 11 is 0. The molecule has 0 fully saturated rings. The van der Waals surface area contributed by atoms with E-state index in [4.69, 9.17) is 4.74 Å². The predicted molar refractivity (Wildman–Crippen MR) is 87.7 cm³/mol. The Morgan fingerprint density at radius 1 is 1.05 bits per heavy atom. The molecule has 0 aliphatic rings. The molecular weight excluding hydrogens is 276 g/mol. The molecule has 1 N–H and O–H groups in total. The highest BCUT2D eigenvalue weighted by Gasteiger charge is 2.17. The third kappa shape index (κ3) is 3.95. The topological polar surface area (TPSA) is 46.5 Å². The Morgan fingerprint density at radius 2 is 1.64 bits per heavy atom. The molecule has 3 heteroatoms. The van der Waals surface area contributed by atoms with Gasteiger partial charge in [0.2, 0.25) is 0 Å². The van der Waals surface area contributed by atoms with Gasteiger partial charge in [-0.1, -0.05) is 30.3 Å². The largest absolute Gasteiger partial charge is 0.456 e. The number of hydrogen-bond donors (Lipinski definition) is 1. The molecule has 2 aromatic rings. The zero-order chi connectivity index (χ0) is 16.3. The van der Waals surface area contributed by atoms with Crippen molar-refractivity contribution >= 4 is 5.97 Å². The van der Waals surface area contributed by atoms with Gasteiger partial charge in [-0.3, -0.25) is 0 Å². The van der Waals surface area contributed by atoms with Crippen LogP contribution in [-0.4, -0.2) is 16.7 Å². The molecule has 0 saturated carbocycles. The Bertz CT molecular complexity index is 664. The summed E-state index contributed by atoms with van der Waals surface area (Å²) in [6.07, 6.45) is 0. The molecule has 0 spiro atoms. The van der Waals surface area contributed by atoms with Crippen molar-refractivity contribution in [1.82, 2.24) is 0 Å². The monoisotopic (exact) mass is 298 g/mol. The molecule has 0 amide bonds. The van der Waals surface area contributed by atoms with Crippen molar-refractivity contribution in [2.24, 2.45) is 0 Å². The molecule has 0 aromatic heterocycles. The smallest absolute Gasteiger partial charge is 0.338 e. The van der Waals surface area contributed by atoms with Crippen LogP contribution < -0.4 is 0 Å². The summed E-state index contributed by atoms with van der Waals surface area (Å²) in [7, 11) is 0. The summed E-state index contributed by atoms with van der Waals surface area (Å²) in [6.45, 7) is 7.58. The van der Waals surface area contributed by atoms with Crippen LogP contribution in [0.15, 0.2) is 42.5 Å². The molecule has 3 nitrogen and oxygen atoms in total. The zero-order valence-electron chi connectivity index (χ0n) is 13.5. The Morgan fingerprint density at radius 3 is 2.14 bits per heavy atom. The molecular formula is C19H22O3. The van der Waals surface area contributed by atoms with Gasteiger partial charge in [0.15, 0.2) is 0 Å². The SMILES string of the molecule is Cc1cc(-c2ccc(C(=O)OC(C)(C)C)cc2)ccc1CO. The number of benzene rings is 2. The second-order valence-corrected chi connectivity index (χ2v) is 6.38. The van der Waals surface area contributed by atoms with Crippen LogP contribution in [0.2, 0.25) is 0 Å². The molecule has 2 aromatic carbocycles. The zero-order valence-corrected chi connectivity index (χ0v) is 13.5. The predicted octanol–water partition coefficient (Wildman–Crippen LogP) is 4.11. The third-order valence-corrected chi connectivity index (χ3v) is 3.37. The molecule has 0 radical (unpaired) electrons. The first-order valence-electron chi connectivity index (χ1n) is 7.34. The molecule has 0 heterocycles. The highest BCUT2D eigenvalue weighted by Crippen LogP contribution is 2.23. The first kappa shape index (κ1) is 16.2. The Labute approximate surface area is 131 Å². The Balaban J connectivity index is 2.22. The van der Waals surface area contributed by atoms with Gasteiger partial charge in [-0.2, -0.15) is 0 Å². The van der Waals surface area contributed by atoms with Crippen LogP contribution in [0.5, 0.6) is 0 Å². The highest BCUT2D eigenvalue weighted by molar-refractivity contribution is 5.90. The van der Waals surface area contributed by atoms with E-state index in [0.29, 0.717) is 5.56 Å². The molecule has 0 atom stereocenters. The lowest BCUT2D eigenvalue weighted by Crippen LogP contribution is -2.23. The molecule has 2 rings (SSSR count). The van der Waals surface area contributed by atoms with Gasteiger partial charge in [0.05, 0.1) is 12.2 Å². The fraction of sp³-hybridized carbons (Fsp3) is 0.316. The number of aliphatic hydroxyl groups is 1. The summed E-state index contributed by atoms with van der Waals surface area (Å²) in [5.74, 6) is -0.314. The molecule has 0 aliphatic heterocycles. The van der Waals surface area contributed by atoms with Crippen molar-refractivity contribution < 1.29 is 14.6 Å². The number of aliphatic hydroxyl groups excluding tert-OH is 1. The molecule has 116 valence electrons. The lowest BCUT2D eigenvalue weighted by atomic mass is 9.99. The van der Waals surface area contributed by atoms with Gasteiger partial charge >= 0.3 is 5.97 Å². The van der Waals surface area contributed by atoms with Crippen molar-refractivity contribution in [1.29, 1.82) is 0 Å². The van der Waals surface area contributed by atoms with Crippen LogP contribution in [0.1, 0.15) is 42.3 Å². The average Bonchev–Trinajstić information content (AvgIpc) is 2.45. The fourth-order valence-electron chi connectivity index (χ4n) is 2.19. The maximum Gasteiger partial charge on any atom is 0.338 e. The van der Waals surface area contributed by atoms with Crippen LogP contribution in [0, 0.1) is 6.92 Å². The third-order valence-electron chi connectivity index (χ3n) is 3.37. The van der Waals surface area contributed by atoms with E-state index in [1.807, 2.05) is 58.0 Å². The van der Waals surface area contributed by atoms with Crippen LogP contribution in [0.4, 0.5) is 0 Å². The van der Waals surface area contributed by atoms with E-state index in [2.05, 4.69) is 0 Å². The van der Waals surface area contributed by atoms with E-state index in [1.165, 1.54) is 0 Å². The number of rotatable bonds is 3. The quantitative estimate of drug-likeness (QED) is 0.867. The van der Waals surface area contributed by atoms with Crippen molar-refractivity contribution in [2.75, 3.05) is 0 Å². The molecule has 0 unspecified atom stereocenters. The Hall–Kier alpha value is -2.13. The number of carbonyl (C=O) groups is 1. The lowest BCUT2D eigenvalue weighted by Gasteiger charge is -2.19. The van der Waals surface area contributed by atoms with E-state index in [1.54, 1.807) is 12.1 Å². The van der Waals surface area contributed by atoms with Gasteiger partial charge in [0.25, 0.3) is 0 Å². The van der Waals surface area contributed by atoms with Crippen LogP contribution in [0.3, 0.4) is 0 Å². The lowest BCUT2D eigenvalue weighted by molar-refractivity contribution is 0.00695. The maximum absolute atomic E-state index is 12.0. The second kappa shape index (κ2) is 6.32. The first-order valence-corrected chi connectivity index (χ1v) is 7.34. The van der Waals surface area contributed by atoms with Crippen LogP contribution in [0.25, 0.3) is 11.1 Å². The number of esters is 1. The van der Waals surface area contributed by atoms with Gasteiger partial charge in [-0.05, 0) is 62.1 Å². The maximum atomic E-state index is 12.0. The van der Waals surface area contributed by atoms with Crippen molar-refractivity contribution in [3.05, 3.63) is 59.2 Å². The van der Waals surface area contributed by atoms with Crippen molar-refractivity contribution in [2.45, 2.75) is 39.9 Å². The summed E-state index contributed by atoms with van der Waals surface area (Å²) in [5.41, 5.74) is 4.12. The normalized spacial score (nSPS) is 11.3. The standard InChI is InChI=1S/C19H22O3/c1-13-11-16(9-10-17(13)12-20)14-5-7-15(8-6-14)18(21)22-19(2,3)4/h5-11,20H,12H2,1-4H3. The summed E-state index contributed by atoms with van der Waals surface area (Å²) in [5, 5.41) is 9.22. The van der Waals surface area contributed by atoms with Crippen LogP contribution >= 0.6 is 0 Å². The minimum Gasteiger partial charge on any atom is -0.456 e. The second-order valence-electron chi connectivity index (χ2n) is 6.38. The number of carbonyl (C=O) groups excluding carboxylic acids is 1. The fourth-order valence-corrected chi connectivity index (χ4v) is 2.19. The van der Waals surface area contributed by atoms with Crippen LogP contribution in [-0.2, 0) is 11.3 Å². The highest BCUT2D eigenvalue weighted by atomic mass is 16.6. The van der Waals surface area contributed by atoms with E-state index in [-0.39, 0.29) is 12.6 Å². The van der Waals surface area contributed by atoms with Crippen molar-refractivity contribution in [3.63, 3.8) is 0 Å². The minimum absolute atomic E-state index is 0.0453. The van der Waals surface area contributed by atoms with Gasteiger partial charge in [-0.15, -0.1) is 0 Å². The van der Waals surface area contributed by atoms with Gasteiger partial charge in [-0.25, -0.2) is 4.79 Å². The number of aryl methyl sites for hydroxylation is 1. The first-order chi connectivity index (χ1) is 10.3. The van der Waals surface area contributed by atoms with E-state index < -0.39 is 5.60 Å². The van der Waals surface area contributed by atoms with Gasteiger partial charge in [0, 0.05) is 0 Å². The van der Waals surface area contributed by atoms with Gasteiger partial charge < -0.3 is 9.84 Å². The van der Waals surface area contributed by atoms with E-state index in [0.717, 1.165) is 22.3 Å². The molecule has 0 saturated heterocycles. The summed E-state index contributed by atoms with van der Waals surface area (Å²) in [6, 6.07) is 13.3. The minimum atomic E-state index is -0.493.